The first-order valence-electron chi connectivity index (χ1n) is 8.98. The number of imidazole rings is 1. The lowest BCUT2D eigenvalue weighted by Crippen LogP contribution is -2.58. The fourth-order valence-electron chi connectivity index (χ4n) is 3.61. The summed E-state index contributed by atoms with van der Waals surface area (Å²) in [6, 6.07) is 1.74. The largest absolute Gasteiger partial charge is 0.711 e. The van der Waals surface area contributed by atoms with Gasteiger partial charge in [-0.25, -0.2) is 23.4 Å². The minimum absolute atomic E-state index is 0.0357. The molecule has 0 bridgehead atoms. The lowest BCUT2D eigenvalue weighted by Gasteiger charge is -2.27. The monoisotopic (exact) mass is 431 g/mol. The van der Waals surface area contributed by atoms with Crippen LogP contribution in [-0.4, -0.2) is 37.6 Å². The Bertz CT molecular complexity index is 1200. The summed E-state index contributed by atoms with van der Waals surface area (Å²) in [5.41, 5.74) is 0.583. The van der Waals surface area contributed by atoms with Crippen molar-refractivity contribution in [3.63, 3.8) is 0 Å². The Kier molecular flexibility index (Phi) is 4.72. The van der Waals surface area contributed by atoms with Crippen LogP contribution in [0.15, 0.2) is 24.5 Å². The van der Waals surface area contributed by atoms with Crippen molar-refractivity contribution in [3.05, 3.63) is 64.1 Å². The minimum atomic E-state index is -1.64. The highest BCUT2D eigenvalue weighted by Crippen LogP contribution is 2.35. The highest BCUT2D eigenvalue weighted by molar-refractivity contribution is 6.16. The topological polar surface area (TPSA) is 149 Å². The van der Waals surface area contributed by atoms with Crippen LogP contribution >= 0.6 is 0 Å². The maximum Gasteiger partial charge on any atom is 0.328 e. The van der Waals surface area contributed by atoms with Crippen LogP contribution in [0.3, 0.4) is 0 Å². The Labute approximate surface area is 172 Å². The maximum absolute atomic E-state index is 14.1. The molecule has 0 unspecified atom stereocenters. The number of barbiturate groups is 1. The van der Waals surface area contributed by atoms with Crippen molar-refractivity contribution in [1.29, 1.82) is 0 Å². The molecular weight excluding hydrogens is 416 g/mol. The van der Waals surface area contributed by atoms with Gasteiger partial charge in [0.15, 0.2) is 17.3 Å². The number of urea groups is 1. The average Bonchev–Trinajstić information content (AvgIpc) is 3.30. The second-order valence-corrected chi connectivity index (χ2v) is 6.90. The third-order valence-corrected chi connectivity index (χ3v) is 5.17. The molecule has 3 N–H and O–H groups in total. The Morgan fingerprint density at radius 2 is 1.81 bits per heavy atom. The van der Waals surface area contributed by atoms with Gasteiger partial charge in [-0.1, -0.05) is 6.07 Å². The van der Waals surface area contributed by atoms with E-state index in [0.717, 1.165) is 18.2 Å². The molecule has 1 aliphatic rings. The highest BCUT2D eigenvalue weighted by Gasteiger charge is 2.48. The van der Waals surface area contributed by atoms with Gasteiger partial charge < -0.3 is 5.21 Å². The molecule has 4 amide bonds. The molecule has 3 heterocycles. The number of H-pyrrole nitrogens is 1. The Morgan fingerprint density at radius 1 is 1.13 bits per heavy atom. The van der Waals surface area contributed by atoms with E-state index in [1.165, 1.54) is 17.8 Å². The third kappa shape index (κ3) is 3.19. The van der Waals surface area contributed by atoms with Gasteiger partial charge in [-0.2, -0.15) is 14.6 Å². The first-order chi connectivity index (χ1) is 14.7. The summed E-state index contributed by atoms with van der Waals surface area (Å²) < 4.78 is 29.5. The van der Waals surface area contributed by atoms with Crippen LogP contribution in [0.5, 0.6) is 0 Å². The van der Waals surface area contributed by atoms with E-state index in [4.69, 9.17) is 0 Å². The van der Waals surface area contributed by atoms with Gasteiger partial charge in [0.1, 0.15) is 23.9 Å². The van der Waals surface area contributed by atoms with Gasteiger partial charge in [-0.3, -0.25) is 20.2 Å². The van der Waals surface area contributed by atoms with E-state index in [9.17, 15) is 28.4 Å². The van der Waals surface area contributed by atoms with Crippen LogP contribution in [-0.2, 0) is 9.59 Å². The van der Waals surface area contributed by atoms with Gasteiger partial charge >= 0.3 is 12.0 Å². The molecule has 1 aromatic carbocycles. The van der Waals surface area contributed by atoms with Crippen LogP contribution in [0, 0.1) is 36.6 Å². The van der Waals surface area contributed by atoms with E-state index < -0.39 is 41.3 Å². The van der Waals surface area contributed by atoms with Crippen LogP contribution in [0.1, 0.15) is 28.7 Å². The number of aromatic amines is 1. The van der Waals surface area contributed by atoms with E-state index in [2.05, 4.69) is 15.2 Å². The quantitative estimate of drug-likeness (QED) is 0.306. The predicted molar refractivity (Wildman–Crippen MR) is 97.5 cm³/mol. The number of carbonyl (C=O) groups is 3. The summed E-state index contributed by atoms with van der Waals surface area (Å²) in [7, 11) is 0. The molecule has 1 atom stereocenters. The first-order valence-corrected chi connectivity index (χ1v) is 8.98. The molecule has 1 aliphatic heterocycles. The van der Waals surface area contributed by atoms with Crippen molar-refractivity contribution in [2.45, 2.75) is 19.8 Å². The summed E-state index contributed by atoms with van der Waals surface area (Å²) in [5, 5.41) is 23.4. The fourth-order valence-corrected chi connectivity index (χ4v) is 3.61. The number of rotatable bonds is 4. The summed E-state index contributed by atoms with van der Waals surface area (Å²) in [4.78, 5) is 40.8. The molecule has 4 rings (SSSR count). The average molecular weight is 431 g/mol. The van der Waals surface area contributed by atoms with Gasteiger partial charge in [0.25, 0.3) is 5.82 Å². The molecule has 13 heteroatoms. The second-order valence-electron chi connectivity index (χ2n) is 6.90. The summed E-state index contributed by atoms with van der Waals surface area (Å²) >= 11 is 0. The van der Waals surface area contributed by atoms with E-state index >= 15 is 0 Å². The fraction of sp³-hybridized carbons (Fsp3) is 0.222. The van der Waals surface area contributed by atoms with Crippen molar-refractivity contribution in [3.8, 4) is 5.95 Å². The SMILES string of the molecule is Cc1c(C)[n+]([O-])c([C@@H](c2ccc(F)c(F)c2)C2C(=O)NC(=O)NC2=O)n1-c1ncn[nH]1. The number of hydrogen-bond donors (Lipinski definition) is 3. The Balaban J connectivity index is 2.02. The number of nitrogens with one attached hydrogen (secondary N) is 3. The van der Waals surface area contributed by atoms with Gasteiger partial charge in [-0.15, -0.1) is 0 Å². The smallest absolute Gasteiger partial charge is 0.328 e. The number of halogens is 2. The number of benzene rings is 1. The van der Waals surface area contributed by atoms with Crippen molar-refractivity contribution >= 4 is 17.8 Å². The zero-order chi connectivity index (χ0) is 22.4. The molecule has 31 heavy (non-hydrogen) atoms. The Morgan fingerprint density at radius 3 is 2.39 bits per heavy atom. The Hall–Kier alpha value is -4.16. The van der Waals surface area contributed by atoms with Crippen molar-refractivity contribution < 1.29 is 27.9 Å². The van der Waals surface area contributed by atoms with Crippen LogP contribution in [0.2, 0.25) is 0 Å². The molecule has 3 aromatic rings. The molecule has 0 radical (unpaired) electrons. The number of aromatic nitrogens is 5. The van der Waals surface area contributed by atoms with Gasteiger partial charge in [-0.05, 0) is 17.7 Å². The number of nitrogens with zero attached hydrogens (tertiary/aromatic N) is 4. The molecule has 0 aliphatic carbocycles. The summed E-state index contributed by atoms with van der Waals surface area (Å²) in [5.74, 6) is -7.50. The zero-order valence-electron chi connectivity index (χ0n) is 16.1. The first kappa shape index (κ1) is 20.1. The molecule has 2 aromatic heterocycles. The molecule has 0 saturated carbocycles. The van der Waals surface area contributed by atoms with E-state index in [0.29, 0.717) is 10.4 Å². The minimum Gasteiger partial charge on any atom is -0.711 e. The van der Waals surface area contributed by atoms with E-state index in [1.807, 2.05) is 10.6 Å². The van der Waals surface area contributed by atoms with E-state index in [-0.39, 0.29) is 23.0 Å². The summed E-state index contributed by atoms with van der Waals surface area (Å²) in [6.07, 6.45) is 1.19. The number of carbonyl (C=O) groups excluding carboxylic acids is 3. The lowest BCUT2D eigenvalue weighted by atomic mass is 9.83. The second kappa shape index (κ2) is 7.27. The van der Waals surface area contributed by atoms with Gasteiger partial charge in [0.2, 0.25) is 11.8 Å². The highest BCUT2D eigenvalue weighted by atomic mass is 19.2. The van der Waals surface area contributed by atoms with Crippen molar-refractivity contribution in [1.82, 2.24) is 30.4 Å². The zero-order valence-corrected chi connectivity index (χ0v) is 16.1. The third-order valence-electron chi connectivity index (χ3n) is 5.17. The van der Waals surface area contributed by atoms with Crippen molar-refractivity contribution in [2.24, 2.45) is 5.92 Å². The van der Waals surface area contributed by atoms with E-state index in [1.54, 1.807) is 6.92 Å². The predicted octanol–water partition coefficient (Wildman–Crippen LogP) is 0.238. The van der Waals surface area contributed by atoms with Crippen LogP contribution < -0.4 is 15.4 Å². The standard InChI is InChI=1S/C18H15F2N7O4/c1-7-8(2)27(31)16(26(7)17-21-6-22-25-17)12(9-3-4-10(19)11(20)5-9)13-14(28)23-18(30)24-15(13)29/h3-6,12-13H,1-2H3,(H,21,22,25)(H2,23,24,28,29,30)/t12-/m0/s1. The maximum atomic E-state index is 14.1. The van der Waals surface area contributed by atoms with Crippen molar-refractivity contribution in [2.75, 3.05) is 0 Å². The number of hydrogen-bond acceptors (Lipinski definition) is 6. The molecule has 11 nitrogen and oxygen atoms in total. The molecular formula is C18H15F2N7O4. The molecule has 1 saturated heterocycles. The molecule has 160 valence electrons. The molecule has 0 spiro atoms. The van der Waals surface area contributed by atoms with Crippen LogP contribution in [0.25, 0.3) is 5.95 Å². The number of amides is 4. The number of imide groups is 2. The normalized spacial score (nSPS) is 15.7. The van der Waals surface area contributed by atoms with Gasteiger partial charge in [0, 0.05) is 13.8 Å². The summed E-state index contributed by atoms with van der Waals surface area (Å²) in [6.45, 7) is 3.11. The van der Waals surface area contributed by atoms with Gasteiger partial charge in [0.05, 0.1) is 0 Å². The lowest BCUT2D eigenvalue weighted by molar-refractivity contribution is -0.621. The van der Waals surface area contributed by atoms with Crippen LogP contribution in [0.4, 0.5) is 13.6 Å². The molecule has 1 fully saturated rings.